The standard InChI is InChI=1S/C26H33N2O3S/c29-23(22-11-16-32-19-22)17-28-14-9-20(10-15-28)24(18-28)31-26(30)25(21-7-3-1-4-8-21)27-12-5-2-6-13-27/h1,3-4,7-8,11,16,19-20,24-25H,2,5-6,9-10,12-15,17-18H2/q+1. The number of hydrogen-bond acceptors (Lipinski definition) is 5. The van der Waals surface area contributed by atoms with E-state index in [2.05, 4.69) is 4.90 Å². The zero-order valence-electron chi connectivity index (χ0n) is 18.7. The summed E-state index contributed by atoms with van der Waals surface area (Å²) in [7, 11) is 0. The number of fused-ring (bicyclic) bond motifs is 3. The van der Waals surface area contributed by atoms with Gasteiger partial charge in [0.2, 0.25) is 5.78 Å². The maximum absolute atomic E-state index is 13.6. The third kappa shape index (κ3) is 4.54. The second-order valence-electron chi connectivity index (χ2n) is 9.79. The second kappa shape index (κ2) is 9.46. The first-order valence-electron chi connectivity index (χ1n) is 12.0. The van der Waals surface area contributed by atoms with E-state index in [0.29, 0.717) is 12.5 Å². The molecule has 170 valence electrons. The normalized spacial score (nSPS) is 28.9. The number of likely N-dealkylation sites (tertiary alicyclic amines) is 1. The van der Waals surface area contributed by atoms with Crippen LogP contribution >= 0.6 is 11.3 Å². The van der Waals surface area contributed by atoms with Gasteiger partial charge < -0.3 is 9.22 Å². The van der Waals surface area contributed by atoms with Crippen molar-refractivity contribution in [3.8, 4) is 0 Å². The fourth-order valence-corrected chi connectivity index (χ4v) is 6.58. The van der Waals surface area contributed by atoms with Crippen molar-refractivity contribution in [2.45, 2.75) is 44.2 Å². The third-order valence-electron chi connectivity index (χ3n) is 7.73. The van der Waals surface area contributed by atoms with Crippen molar-refractivity contribution in [2.75, 3.05) is 39.3 Å². The van der Waals surface area contributed by atoms with Gasteiger partial charge >= 0.3 is 5.97 Å². The van der Waals surface area contributed by atoms with Gasteiger partial charge in [-0.2, -0.15) is 11.3 Å². The van der Waals surface area contributed by atoms with Crippen molar-refractivity contribution in [1.29, 1.82) is 0 Å². The molecule has 0 radical (unpaired) electrons. The predicted molar refractivity (Wildman–Crippen MR) is 126 cm³/mol. The molecular weight excluding hydrogens is 420 g/mol. The van der Waals surface area contributed by atoms with Crippen molar-refractivity contribution >= 4 is 23.1 Å². The van der Waals surface area contributed by atoms with Crippen LogP contribution in [0.3, 0.4) is 0 Å². The first-order chi connectivity index (χ1) is 15.6. The van der Waals surface area contributed by atoms with Gasteiger partial charge in [0.25, 0.3) is 0 Å². The van der Waals surface area contributed by atoms with Crippen LogP contribution in [0.2, 0.25) is 0 Å². The molecule has 5 nitrogen and oxygen atoms in total. The van der Waals surface area contributed by atoms with Crippen LogP contribution in [0.15, 0.2) is 47.2 Å². The van der Waals surface area contributed by atoms with Crippen LogP contribution in [0.5, 0.6) is 0 Å². The number of hydrogen-bond donors (Lipinski definition) is 0. The highest BCUT2D eigenvalue weighted by Crippen LogP contribution is 2.37. The summed E-state index contributed by atoms with van der Waals surface area (Å²) in [6, 6.07) is 11.7. The van der Waals surface area contributed by atoms with E-state index >= 15 is 0 Å². The topological polar surface area (TPSA) is 46.6 Å². The minimum atomic E-state index is -0.326. The molecule has 0 N–H and O–H groups in total. The van der Waals surface area contributed by atoms with Crippen LogP contribution in [0.4, 0.5) is 0 Å². The summed E-state index contributed by atoms with van der Waals surface area (Å²) in [5.41, 5.74) is 1.84. The molecule has 0 amide bonds. The monoisotopic (exact) mass is 453 g/mol. The lowest BCUT2D eigenvalue weighted by Gasteiger charge is -2.51. The van der Waals surface area contributed by atoms with Crippen LogP contribution in [0.25, 0.3) is 0 Å². The van der Waals surface area contributed by atoms with E-state index in [0.717, 1.165) is 74.0 Å². The average Bonchev–Trinajstić information content (AvgIpc) is 3.37. The van der Waals surface area contributed by atoms with Gasteiger partial charge in [-0.15, -0.1) is 0 Å². The van der Waals surface area contributed by atoms with Crippen LogP contribution in [0.1, 0.15) is 54.1 Å². The van der Waals surface area contributed by atoms with Crippen molar-refractivity contribution in [3.63, 3.8) is 0 Å². The molecule has 0 aliphatic carbocycles. The van der Waals surface area contributed by atoms with Crippen LogP contribution < -0.4 is 0 Å². The lowest BCUT2D eigenvalue weighted by Crippen LogP contribution is -2.66. The van der Waals surface area contributed by atoms with Gasteiger partial charge in [0.15, 0.2) is 6.10 Å². The zero-order valence-corrected chi connectivity index (χ0v) is 19.5. The molecule has 2 aromatic rings. The third-order valence-corrected chi connectivity index (χ3v) is 8.41. The van der Waals surface area contributed by atoms with E-state index in [-0.39, 0.29) is 23.9 Å². The van der Waals surface area contributed by atoms with Gasteiger partial charge in [-0.3, -0.25) is 9.69 Å². The summed E-state index contributed by atoms with van der Waals surface area (Å²) in [6.45, 7) is 5.21. The number of Topliss-reactive ketones (excluding diaryl/α,β-unsaturated/α-hetero) is 1. The van der Waals surface area contributed by atoms with E-state index in [4.69, 9.17) is 4.74 Å². The number of piperidine rings is 4. The smallest absolute Gasteiger partial charge is 0.328 e. The molecule has 1 aromatic carbocycles. The molecule has 32 heavy (non-hydrogen) atoms. The molecule has 2 bridgehead atoms. The minimum absolute atomic E-state index is 0.0868. The van der Waals surface area contributed by atoms with Crippen molar-refractivity contribution in [1.82, 2.24) is 4.90 Å². The van der Waals surface area contributed by atoms with Crippen LogP contribution in [-0.2, 0) is 9.53 Å². The Hall–Kier alpha value is -2.02. The van der Waals surface area contributed by atoms with E-state index in [1.165, 1.54) is 6.42 Å². The Balaban J connectivity index is 1.31. The Labute approximate surface area is 194 Å². The van der Waals surface area contributed by atoms with Crippen LogP contribution in [-0.4, -0.2) is 66.5 Å². The molecule has 4 saturated heterocycles. The summed E-state index contributed by atoms with van der Waals surface area (Å²) in [5, 5.41) is 3.91. The number of quaternary nitrogens is 1. The highest BCUT2D eigenvalue weighted by molar-refractivity contribution is 7.08. The molecule has 2 atom stereocenters. The summed E-state index contributed by atoms with van der Waals surface area (Å²) < 4.78 is 7.05. The molecule has 4 aliphatic rings. The highest BCUT2D eigenvalue weighted by Gasteiger charge is 2.49. The molecule has 2 unspecified atom stereocenters. The fourth-order valence-electron chi connectivity index (χ4n) is 5.92. The maximum atomic E-state index is 13.6. The van der Waals surface area contributed by atoms with Gasteiger partial charge in [0, 0.05) is 29.7 Å². The molecule has 0 spiro atoms. The fraction of sp³-hybridized carbons (Fsp3) is 0.538. The predicted octanol–water partition coefficient (Wildman–Crippen LogP) is 4.31. The molecule has 4 aliphatic heterocycles. The number of carbonyl (C=O) groups excluding carboxylic acids is 2. The van der Waals surface area contributed by atoms with Gasteiger partial charge in [-0.25, -0.2) is 4.79 Å². The Morgan fingerprint density at radius 2 is 1.81 bits per heavy atom. The van der Waals surface area contributed by atoms with E-state index in [1.54, 1.807) is 11.3 Å². The van der Waals surface area contributed by atoms with Gasteiger partial charge in [-0.1, -0.05) is 36.8 Å². The lowest BCUT2D eigenvalue weighted by molar-refractivity contribution is -0.938. The van der Waals surface area contributed by atoms with Crippen molar-refractivity contribution in [2.24, 2.45) is 5.92 Å². The number of ketones is 1. The molecule has 1 aromatic heterocycles. The average molecular weight is 454 g/mol. The number of ether oxygens (including phenoxy) is 1. The summed E-state index contributed by atoms with van der Waals surface area (Å²) in [6.07, 6.45) is 5.48. The van der Waals surface area contributed by atoms with E-state index in [9.17, 15) is 9.59 Å². The Kier molecular flexibility index (Phi) is 6.44. The number of carbonyl (C=O) groups is 2. The lowest BCUT2D eigenvalue weighted by atomic mass is 9.82. The summed E-state index contributed by atoms with van der Waals surface area (Å²) in [5.74, 6) is 0.527. The Morgan fingerprint density at radius 3 is 2.50 bits per heavy atom. The number of thiophene rings is 1. The molecule has 0 saturated carbocycles. The molecule has 6 heteroatoms. The van der Waals surface area contributed by atoms with Crippen LogP contribution in [0, 0.1) is 5.92 Å². The quantitative estimate of drug-likeness (QED) is 0.356. The Morgan fingerprint density at radius 1 is 1.06 bits per heavy atom. The second-order valence-corrected chi connectivity index (χ2v) is 10.6. The zero-order chi connectivity index (χ0) is 22.0. The van der Waals surface area contributed by atoms with Gasteiger partial charge in [-0.05, 0) is 42.9 Å². The van der Waals surface area contributed by atoms with Crippen molar-refractivity contribution in [3.05, 3.63) is 58.3 Å². The summed E-state index contributed by atoms with van der Waals surface area (Å²) >= 11 is 1.57. The maximum Gasteiger partial charge on any atom is 0.328 e. The van der Waals surface area contributed by atoms with E-state index < -0.39 is 0 Å². The number of nitrogens with zero attached hydrogens (tertiary/aromatic N) is 2. The first kappa shape index (κ1) is 21.8. The van der Waals surface area contributed by atoms with Crippen molar-refractivity contribution < 1.29 is 18.8 Å². The largest absolute Gasteiger partial charge is 0.455 e. The van der Waals surface area contributed by atoms with Gasteiger partial charge in [0.05, 0.1) is 13.1 Å². The number of rotatable bonds is 7. The molecule has 5 heterocycles. The number of benzene rings is 1. The van der Waals surface area contributed by atoms with Gasteiger partial charge in [0.1, 0.15) is 19.1 Å². The Bertz CT molecular complexity index is 916. The van der Waals surface area contributed by atoms with E-state index in [1.807, 2.05) is 47.2 Å². The SMILES string of the molecule is O=C(C[N+]12CCC(CC1)C(OC(=O)C(c1ccccc1)N1CCCCC1)C2)c1ccsc1. The molecule has 6 rings (SSSR count). The minimum Gasteiger partial charge on any atom is -0.455 e. The molecule has 4 fully saturated rings. The number of esters is 1. The first-order valence-corrected chi connectivity index (χ1v) is 13.0. The molecular formula is C26H33N2O3S+. The highest BCUT2D eigenvalue weighted by atomic mass is 32.1. The summed E-state index contributed by atoms with van der Waals surface area (Å²) in [4.78, 5) is 28.7.